The average Bonchev–Trinajstić information content (AvgIpc) is 2.47. The molecule has 2 heterocycles. The van der Waals surface area contributed by atoms with Gasteiger partial charge < -0.3 is 9.84 Å². The zero-order valence-electron chi connectivity index (χ0n) is 10.1. The molecule has 2 aromatic rings. The molecule has 1 atom stereocenters. The van der Waals surface area contributed by atoms with E-state index in [1.165, 1.54) is 12.3 Å². The van der Waals surface area contributed by atoms with Crippen molar-refractivity contribution in [1.82, 2.24) is 9.97 Å². The molecule has 3 rings (SSSR count). The summed E-state index contributed by atoms with van der Waals surface area (Å²) in [6, 6.07) is 9.12. The Bertz CT molecular complexity index is 628. The van der Waals surface area contributed by atoms with Crippen LogP contribution in [-0.4, -0.2) is 27.7 Å². The molecule has 5 nitrogen and oxygen atoms in total. The van der Waals surface area contributed by atoms with Gasteiger partial charge in [-0.3, -0.25) is 0 Å². The lowest BCUT2D eigenvalue weighted by Crippen LogP contribution is -2.18. The molecule has 0 spiro atoms. The lowest BCUT2D eigenvalue weighted by atomic mass is 9.92. The van der Waals surface area contributed by atoms with Crippen LogP contribution in [0.3, 0.4) is 0 Å². The van der Waals surface area contributed by atoms with Gasteiger partial charge in [-0.05, 0) is 18.6 Å². The Labute approximate surface area is 109 Å². The standard InChI is InChI=1S/C14H12N2O3/c17-14(18)11-5-7-15-13(16-11)10-6-8-19-12-4-2-1-3-9(10)12/h1-5,7,10H,6,8H2,(H,17,18). The van der Waals surface area contributed by atoms with Gasteiger partial charge in [0.2, 0.25) is 0 Å². The summed E-state index contributed by atoms with van der Waals surface area (Å²) in [5.74, 6) is 0.312. The summed E-state index contributed by atoms with van der Waals surface area (Å²) in [5, 5.41) is 8.99. The molecule has 0 fully saturated rings. The van der Waals surface area contributed by atoms with Crippen LogP contribution >= 0.6 is 0 Å². The van der Waals surface area contributed by atoms with Crippen LogP contribution < -0.4 is 4.74 Å². The molecule has 96 valence electrons. The third-order valence-electron chi connectivity index (χ3n) is 3.16. The van der Waals surface area contributed by atoms with E-state index < -0.39 is 5.97 Å². The minimum absolute atomic E-state index is 0.00995. The van der Waals surface area contributed by atoms with Crippen molar-refractivity contribution in [1.29, 1.82) is 0 Å². The molecule has 1 unspecified atom stereocenters. The van der Waals surface area contributed by atoms with Crippen molar-refractivity contribution in [3.63, 3.8) is 0 Å². The molecular formula is C14H12N2O3. The van der Waals surface area contributed by atoms with Crippen LogP contribution in [0.2, 0.25) is 0 Å². The van der Waals surface area contributed by atoms with Gasteiger partial charge in [-0.1, -0.05) is 18.2 Å². The fourth-order valence-corrected chi connectivity index (χ4v) is 2.27. The van der Waals surface area contributed by atoms with Gasteiger partial charge >= 0.3 is 5.97 Å². The van der Waals surface area contributed by atoms with Gasteiger partial charge in [0.25, 0.3) is 0 Å². The number of rotatable bonds is 2. The molecule has 0 radical (unpaired) electrons. The fourth-order valence-electron chi connectivity index (χ4n) is 2.27. The quantitative estimate of drug-likeness (QED) is 0.890. The molecule has 5 heteroatoms. The maximum Gasteiger partial charge on any atom is 0.354 e. The highest BCUT2D eigenvalue weighted by Crippen LogP contribution is 2.36. The zero-order valence-corrected chi connectivity index (χ0v) is 10.1. The van der Waals surface area contributed by atoms with E-state index in [-0.39, 0.29) is 11.6 Å². The van der Waals surface area contributed by atoms with Crippen LogP contribution in [0.5, 0.6) is 5.75 Å². The van der Waals surface area contributed by atoms with Gasteiger partial charge in [0.15, 0.2) is 5.69 Å². The summed E-state index contributed by atoms with van der Waals surface area (Å²) in [6.45, 7) is 0.586. The van der Waals surface area contributed by atoms with Crippen LogP contribution in [0.1, 0.15) is 34.2 Å². The molecule has 0 saturated heterocycles. The Kier molecular flexibility index (Phi) is 2.87. The van der Waals surface area contributed by atoms with Gasteiger partial charge in [-0.25, -0.2) is 14.8 Å². The number of carboxylic acids is 1. The number of benzene rings is 1. The number of carboxylic acid groups (broad SMARTS) is 1. The highest BCUT2D eigenvalue weighted by Gasteiger charge is 2.25. The maximum absolute atomic E-state index is 11.0. The monoisotopic (exact) mass is 256 g/mol. The van der Waals surface area contributed by atoms with E-state index in [0.29, 0.717) is 12.4 Å². The number of carbonyl (C=O) groups is 1. The van der Waals surface area contributed by atoms with E-state index in [1.54, 1.807) is 0 Å². The number of aromatic carboxylic acids is 1. The number of nitrogens with zero attached hydrogens (tertiary/aromatic N) is 2. The number of fused-ring (bicyclic) bond motifs is 1. The summed E-state index contributed by atoms with van der Waals surface area (Å²) >= 11 is 0. The third-order valence-corrected chi connectivity index (χ3v) is 3.16. The Hall–Kier alpha value is -2.43. The molecule has 0 bridgehead atoms. The van der Waals surface area contributed by atoms with Crippen LogP contribution in [-0.2, 0) is 0 Å². The van der Waals surface area contributed by atoms with Crippen molar-refractivity contribution in [2.45, 2.75) is 12.3 Å². The molecule has 1 aliphatic rings. The zero-order chi connectivity index (χ0) is 13.2. The summed E-state index contributed by atoms with van der Waals surface area (Å²) in [7, 11) is 0. The Morgan fingerprint density at radius 1 is 1.32 bits per heavy atom. The first-order valence-electron chi connectivity index (χ1n) is 6.03. The first kappa shape index (κ1) is 11.6. The van der Waals surface area contributed by atoms with E-state index in [0.717, 1.165) is 17.7 Å². The lowest BCUT2D eigenvalue weighted by Gasteiger charge is -2.24. The largest absolute Gasteiger partial charge is 0.493 e. The Morgan fingerprint density at radius 3 is 3.00 bits per heavy atom. The molecule has 1 N–H and O–H groups in total. The van der Waals surface area contributed by atoms with Crippen LogP contribution in [0.15, 0.2) is 36.5 Å². The van der Waals surface area contributed by atoms with Crippen molar-refractivity contribution in [2.24, 2.45) is 0 Å². The van der Waals surface area contributed by atoms with Crippen molar-refractivity contribution in [3.8, 4) is 5.75 Å². The molecule has 0 aliphatic carbocycles. The number of hydrogen-bond acceptors (Lipinski definition) is 4. The average molecular weight is 256 g/mol. The van der Waals surface area contributed by atoms with Crippen molar-refractivity contribution in [2.75, 3.05) is 6.61 Å². The molecule has 0 saturated carbocycles. The highest BCUT2D eigenvalue weighted by atomic mass is 16.5. The topological polar surface area (TPSA) is 72.3 Å². The van der Waals surface area contributed by atoms with Gasteiger partial charge in [0.05, 0.1) is 12.5 Å². The highest BCUT2D eigenvalue weighted by molar-refractivity contribution is 5.85. The number of aromatic nitrogens is 2. The lowest BCUT2D eigenvalue weighted by molar-refractivity contribution is 0.0689. The smallest absolute Gasteiger partial charge is 0.354 e. The summed E-state index contributed by atoms with van der Waals surface area (Å²) < 4.78 is 5.58. The predicted octanol–water partition coefficient (Wildman–Crippen LogP) is 2.09. The second-order valence-electron chi connectivity index (χ2n) is 4.33. The molecular weight excluding hydrogens is 244 g/mol. The van der Waals surface area contributed by atoms with Crippen molar-refractivity contribution in [3.05, 3.63) is 53.6 Å². The van der Waals surface area contributed by atoms with Crippen LogP contribution in [0.4, 0.5) is 0 Å². The summed E-state index contributed by atoms with van der Waals surface area (Å²) in [5.41, 5.74) is 1.03. The van der Waals surface area contributed by atoms with E-state index in [9.17, 15) is 4.79 Å². The van der Waals surface area contributed by atoms with Crippen LogP contribution in [0.25, 0.3) is 0 Å². The predicted molar refractivity (Wildman–Crippen MR) is 67.4 cm³/mol. The van der Waals surface area contributed by atoms with E-state index in [1.807, 2.05) is 24.3 Å². The minimum Gasteiger partial charge on any atom is -0.493 e. The first-order valence-corrected chi connectivity index (χ1v) is 6.03. The molecule has 0 amide bonds. The van der Waals surface area contributed by atoms with Crippen LogP contribution in [0, 0.1) is 0 Å². The van der Waals surface area contributed by atoms with Gasteiger partial charge in [0.1, 0.15) is 11.6 Å². The fraction of sp³-hybridized carbons (Fsp3) is 0.214. The van der Waals surface area contributed by atoms with E-state index in [2.05, 4.69) is 9.97 Å². The van der Waals surface area contributed by atoms with Crippen molar-refractivity contribution >= 4 is 5.97 Å². The molecule has 19 heavy (non-hydrogen) atoms. The SMILES string of the molecule is O=C(O)c1ccnc(C2CCOc3ccccc32)n1. The van der Waals surface area contributed by atoms with Crippen molar-refractivity contribution < 1.29 is 14.6 Å². The Balaban J connectivity index is 2.04. The number of hydrogen-bond donors (Lipinski definition) is 1. The molecule has 1 aromatic carbocycles. The number of para-hydroxylation sites is 1. The normalized spacial score (nSPS) is 17.4. The van der Waals surface area contributed by atoms with E-state index >= 15 is 0 Å². The molecule has 1 aliphatic heterocycles. The maximum atomic E-state index is 11.0. The van der Waals surface area contributed by atoms with Gasteiger partial charge in [0, 0.05) is 11.8 Å². The van der Waals surface area contributed by atoms with E-state index in [4.69, 9.17) is 9.84 Å². The third kappa shape index (κ3) is 2.14. The van der Waals surface area contributed by atoms with Gasteiger partial charge in [-0.15, -0.1) is 0 Å². The summed E-state index contributed by atoms with van der Waals surface area (Å²) in [4.78, 5) is 19.3. The first-order chi connectivity index (χ1) is 9.25. The Morgan fingerprint density at radius 2 is 2.16 bits per heavy atom. The minimum atomic E-state index is -1.04. The number of ether oxygens (including phenoxy) is 1. The second-order valence-corrected chi connectivity index (χ2v) is 4.33. The second kappa shape index (κ2) is 4.68. The molecule has 1 aromatic heterocycles. The summed E-state index contributed by atoms with van der Waals surface area (Å²) in [6.07, 6.45) is 2.24. The van der Waals surface area contributed by atoms with Gasteiger partial charge in [-0.2, -0.15) is 0 Å².